The number of aliphatic hydroxyl groups is 1. The summed E-state index contributed by atoms with van der Waals surface area (Å²) in [6, 6.07) is 11.6. The van der Waals surface area contributed by atoms with Gasteiger partial charge in [-0.15, -0.1) is 0 Å². The lowest BCUT2D eigenvalue weighted by Gasteiger charge is -2.13. The highest BCUT2D eigenvalue weighted by Crippen LogP contribution is 2.28. The molecule has 0 aliphatic rings. The fraction of sp³-hybridized carbons (Fsp3) is 0.143. The van der Waals surface area contributed by atoms with Crippen LogP contribution in [0.4, 0.5) is 5.69 Å². The maximum absolute atomic E-state index is 12.5. The van der Waals surface area contributed by atoms with Crippen molar-refractivity contribution in [1.29, 1.82) is 0 Å². The van der Waals surface area contributed by atoms with Gasteiger partial charge < -0.3 is 9.84 Å². The molecule has 0 atom stereocenters. The number of benzene rings is 2. The minimum atomic E-state index is -3.76. The first-order valence-corrected chi connectivity index (χ1v) is 8.59. The smallest absolute Gasteiger partial charge is 0.265 e. The normalized spacial score (nSPS) is 11.2. The van der Waals surface area contributed by atoms with E-state index in [1.54, 1.807) is 18.2 Å². The molecular weight excluding hydrogens is 405 g/mol. The lowest BCUT2D eigenvalue weighted by Crippen LogP contribution is -2.15. The Morgan fingerprint density at radius 3 is 2.57 bits per heavy atom. The molecule has 0 heterocycles. The quantitative estimate of drug-likeness (QED) is 0.731. The van der Waals surface area contributed by atoms with Gasteiger partial charge in [-0.3, -0.25) is 4.72 Å². The van der Waals surface area contributed by atoms with E-state index in [4.69, 9.17) is 9.84 Å². The minimum absolute atomic E-state index is 0.0295. The molecule has 2 rings (SSSR count). The van der Waals surface area contributed by atoms with Gasteiger partial charge in [-0.05, 0) is 52.4 Å². The molecule has 2 aromatic rings. The van der Waals surface area contributed by atoms with Gasteiger partial charge in [-0.2, -0.15) is 0 Å². The number of halogens is 1. The van der Waals surface area contributed by atoms with Crippen LogP contribution in [0.5, 0.6) is 5.75 Å². The molecule has 0 amide bonds. The Morgan fingerprint density at radius 2 is 1.95 bits per heavy atom. The van der Waals surface area contributed by atoms with E-state index in [0.29, 0.717) is 11.3 Å². The molecule has 0 aliphatic carbocycles. The Labute approximate surface area is 137 Å². The summed E-state index contributed by atoms with van der Waals surface area (Å²) in [5.74, 6) is 0.194. The van der Waals surface area contributed by atoms with Crippen LogP contribution in [0, 0.1) is 3.57 Å². The average Bonchev–Trinajstić information content (AvgIpc) is 2.48. The summed E-state index contributed by atoms with van der Waals surface area (Å²) in [7, 11) is -2.37. The first-order valence-electron chi connectivity index (χ1n) is 6.03. The summed E-state index contributed by atoms with van der Waals surface area (Å²) < 4.78 is 33.4. The van der Waals surface area contributed by atoms with Crippen molar-refractivity contribution in [3.8, 4) is 5.75 Å². The molecule has 2 aromatic carbocycles. The fourth-order valence-corrected chi connectivity index (χ4v) is 3.71. The number of rotatable bonds is 5. The predicted molar refractivity (Wildman–Crippen MR) is 88.9 cm³/mol. The molecular formula is C14H14INO4S. The van der Waals surface area contributed by atoms with Gasteiger partial charge >= 0.3 is 0 Å². The van der Waals surface area contributed by atoms with Gasteiger partial charge in [0.2, 0.25) is 0 Å². The second kappa shape index (κ2) is 6.63. The maximum Gasteiger partial charge on any atom is 0.265 e. The van der Waals surface area contributed by atoms with E-state index in [1.807, 2.05) is 12.1 Å². The van der Waals surface area contributed by atoms with Crippen molar-refractivity contribution in [2.24, 2.45) is 0 Å². The summed E-state index contributed by atoms with van der Waals surface area (Å²) in [5, 5.41) is 9.10. The maximum atomic E-state index is 12.5. The Kier molecular flexibility index (Phi) is 5.07. The molecule has 0 unspecified atom stereocenters. The van der Waals surface area contributed by atoms with Crippen molar-refractivity contribution < 1.29 is 18.3 Å². The Hall–Kier alpha value is -1.32. The lowest BCUT2D eigenvalue weighted by molar-refractivity contribution is 0.280. The first-order chi connectivity index (χ1) is 9.97. The topological polar surface area (TPSA) is 75.6 Å². The molecule has 5 nitrogen and oxygen atoms in total. The summed E-state index contributed by atoms with van der Waals surface area (Å²) in [4.78, 5) is 0.0295. The molecule has 0 aliphatic heterocycles. The fourth-order valence-electron chi connectivity index (χ4n) is 1.78. The number of sulfonamides is 1. The lowest BCUT2D eigenvalue weighted by atomic mass is 10.2. The molecule has 0 spiro atoms. The molecule has 0 saturated carbocycles. The van der Waals surface area contributed by atoms with E-state index < -0.39 is 10.0 Å². The summed E-state index contributed by atoms with van der Waals surface area (Å²) >= 11 is 2.06. The number of methoxy groups -OCH3 is 1. The van der Waals surface area contributed by atoms with Crippen molar-refractivity contribution in [3.05, 3.63) is 51.6 Å². The third-order valence-electron chi connectivity index (χ3n) is 2.82. The second-order valence-electron chi connectivity index (χ2n) is 4.23. The highest BCUT2D eigenvalue weighted by atomic mass is 127. The van der Waals surface area contributed by atoms with Crippen LogP contribution in [0.1, 0.15) is 5.56 Å². The molecule has 0 radical (unpaired) electrons. The van der Waals surface area contributed by atoms with Crippen molar-refractivity contribution in [2.45, 2.75) is 11.5 Å². The average molecular weight is 419 g/mol. The molecule has 7 heteroatoms. The third kappa shape index (κ3) is 3.66. The molecule has 2 N–H and O–H groups in total. The van der Waals surface area contributed by atoms with Crippen molar-refractivity contribution in [2.75, 3.05) is 11.8 Å². The summed E-state index contributed by atoms with van der Waals surface area (Å²) in [6.45, 7) is -0.180. The number of hydrogen-bond acceptors (Lipinski definition) is 4. The van der Waals surface area contributed by atoms with Crippen LogP contribution >= 0.6 is 22.6 Å². The summed E-state index contributed by atoms with van der Waals surface area (Å²) in [5.41, 5.74) is 1.09. The Bertz CT molecular complexity index is 746. The molecule has 0 fully saturated rings. The minimum Gasteiger partial charge on any atom is -0.495 e. The van der Waals surface area contributed by atoms with E-state index in [1.165, 1.54) is 19.2 Å². The van der Waals surface area contributed by atoms with Crippen molar-refractivity contribution in [3.63, 3.8) is 0 Å². The van der Waals surface area contributed by atoms with Crippen LogP contribution in [0.25, 0.3) is 0 Å². The predicted octanol–water partition coefficient (Wildman–Crippen LogP) is 2.59. The number of hydrogen-bond donors (Lipinski definition) is 2. The van der Waals surface area contributed by atoms with Crippen LogP contribution in [-0.4, -0.2) is 20.6 Å². The summed E-state index contributed by atoms with van der Waals surface area (Å²) in [6.07, 6.45) is 0. The van der Waals surface area contributed by atoms with Gasteiger partial charge in [0.25, 0.3) is 10.0 Å². The van der Waals surface area contributed by atoms with E-state index in [2.05, 4.69) is 27.3 Å². The SMILES string of the molecule is COc1cc(CO)ccc1S(=O)(=O)Nc1ccccc1I. The highest BCUT2D eigenvalue weighted by molar-refractivity contribution is 14.1. The molecule has 21 heavy (non-hydrogen) atoms. The van der Waals surface area contributed by atoms with Gasteiger partial charge in [-0.1, -0.05) is 18.2 Å². The first kappa shape index (κ1) is 16.1. The Morgan fingerprint density at radius 1 is 1.24 bits per heavy atom. The zero-order valence-electron chi connectivity index (χ0n) is 11.2. The number of para-hydroxylation sites is 1. The zero-order chi connectivity index (χ0) is 15.5. The van der Waals surface area contributed by atoms with E-state index in [-0.39, 0.29) is 17.3 Å². The number of nitrogens with one attached hydrogen (secondary N) is 1. The van der Waals surface area contributed by atoms with E-state index in [9.17, 15) is 8.42 Å². The van der Waals surface area contributed by atoms with Crippen LogP contribution in [0.3, 0.4) is 0 Å². The van der Waals surface area contributed by atoms with Crippen molar-refractivity contribution >= 4 is 38.3 Å². The monoisotopic (exact) mass is 419 g/mol. The Balaban J connectivity index is 2.42. The number of aliphatic hydroxyl groups excluding tert-OH is 1. The van der Waals surface area contributed by atoms with E-state index >= 15 is 0 Å². The van der Waals surface area contributed by atoms with Gasteiger partial charge in [0.1, 0.15) is 10.6 Å². The van der Waals surface area contributed by atoms with Crippen molar-refractivity contribution in [1.82, 2.24) is 0 Å². The third-order valence-corrected chi connectivity index (χ3v) is 5.16. The van der Waals surface area contributed by atoms with E-state index in [0.717, 1.165) is 3.57 Å². The molecule has 0 aromatic heterocycles. The van der Waals surface area contributed by atoms with Crippen LogP contribution in [-0.2, 0) is 16.6 Å². The molecule has 112 valence electrons. The molecule has 0 saturated heterocycles. The molecule has 0 bridgehead atoms. The van der Waals surface area contributed by atoms with Gasteiger partial charge in [0, 0.05) is 3.57 Å². The van der Waals surface area contributed by atoms with Gasteiger partial charge in [-0.25, -0.2) is 8.42 Å². The number of anilines is 1. The zero-order valence-corrected chi connectivity index (χ0v) is 14.2. The van der Waals surface area contributed by atoms with Gasteiger partial charge in [0.15, 0.2) is 0 Å². The van der Waals surface area contributed by atoms with Crippen LogP contribution < -0.4 is 9.46 Å². The largest absolute Gasteiger partial charge is 0.495 e. The number of ether oxygens (including phenoxy) is 1. The highest BCUT2D eigenvalue weighted by Gasteiger charge is 2.20. The standard InChI is InChI=1S/C14H14INO4S/c1-20-13-8-10(9-17)6-7-14(13)21(18,19)16-12-5-3-2-4-11(12)15/h2-8,16-17H,9H2,1H3. The van der Waals surface area contributed by atoms with Gasteiger partial charge in [0.05, 0.1) is 19.4 Å². The van der Waals surface area contributed by atoms with Crippen LogP contribution in [0.15, 0.2) is 47.4 Å². The second-order valence-corrected chi connectivity index (χ2v) is 7.04. The van der Waals surface area contributed by atoms with Crippen LogP contribution in [0.2, 0.25) is 0 Å².